The van der Waals surface area contributed by atoms with Crippen molar-refractivity contribution in [3.05, 3.63) is 77.6 Å². The van der Waals surface area contributed by atoms with E-state index in [1.807, 2.05) is 45.0 Å². The van der Waals surface area contributed by atoms with E-state index in [-0.39, 0.29) is 41.1 Å². The Bertz CT molecular complexity index is 2560. The number of fused-ring (bicyclic) bond motifs is 6. The minimum Gasteiger partial charge on any atom is -0.453 e. The molecule has 324 valence electrons. The lowest BCUT2D eigenvalue weighted by atomic mass is 9.75. The van der Waals surface area contributed by atoms with Crippen molar-refractivity contribution in [3.8, 4) is 33.5 Å². The van der Waals surface area contributed by atoms with Gasteiger partial charge in [-0.05, 0) is 89.1 Å². The number of carbonyl (C=O) groups is 4. The molecule has 1 spiro atoms. The predicted molar refractivity (Wildman–Crippen MR) is 230 cm³/mol. The smallest absolute Gasteiger partial charge is 0.407 e. The van der Waals surface area contributed by atoms with E-state index in [0.717, 1.165) is 59.4 Å². The Morgan fingerprint density at radius 3 is 1.84 bits per heavy atom. The van der Waals surface area contributed by atoms with E-state index >= 15 is 0 Å². The van der Waals surface area contributed by atoms with Gasteiger partial charge in [-0.3, -0.25) is 9.59 Å². The Morgan fingerprint density at radius 2 is 1.29 bits per heavy atom. The van der Waals surface area contributed by atoms with Gasteiger partial charge in [0, 0.05) is 24.8 Å². The van der Waals surface area contributed by atoms with E-state index in [9.17, 15) is 19.2 Å². The minimum absolute atomic E-state index is 0.119. The lowest BCUT2D eigenvalue weighted by molar-refractivity contribution is -0.136. The first-order valence-electron chi connectivity index (χ1n) is 21.5. The number of nitrogens with zero attached hydrogens (tertiary/aromatic N) is 5. The predicted octanol–water partition coefficient (Wildman–Crippen LogP) is 6.40. The Labute approximate surface area is 359 Å². The number of hydrogen-bond donors (Lipinski definition) is 4. The van der Waals surface area contributed by atoms with Gasteiger partial charge in [-0.1, -0.05) is 52.0 Å². The van der Waals surface area contributed by atoms with E-state index in [0.29, 0.717) is 37.8 Å². The number of rotatable bonds is 10. The molecule has 6 heterocycles. The standard InChI is InChI=1S/C46H53N9O7/c1-24(2)37(51-44(58)60-5)42(56)54-15-7-9-35(54)40-48-21-34(50-40)27-12-14-30-29-13-11-26(17-31(29)46(22-62-23-46)32(30)18-27)28-19-33-39(47-20-28)53-41(49-33)36-10-8-16-55(36)43(57)38(25(3)4)52-45(59)61-6/h11-14,17-21,24-25,35-38H,7-10,15-16,22-23H2,1-6H3,(H,48,50)(H,51,58)(H,52,59)(H,47,49,53)/t35-,36-,37-,38-/m0/s1. The summed E-state index contributed by atoms with van der Waals surface area (Å²) < 4.78 is 15.5. The van der Waals surface area contributed by atoms with Gasteiger partial charge >= 0.3 is 12.2 Å². The lowest BCUT2D eigenvalue weighted by Crippen LogP contribution is -2.51. The van der Waals surface area contributed by atoms with E-state index in [4.69, 9.17) is 29.2 Å². The number of aromatic amines is 2. The third-order valence-corrected chi connectivity index (χ3v) is 13.1. The topological polar surface area (TPSA) is 197 Å². The molecule has 5 aromatic rings. The number of methoxy groups -OCH3 is 2. The largest absolute Gasteiger partial charge is 0.453 e. The molecule has 3 aliphatic heterocycles. The molecule has 1 aliphatic carbocycles. The van der Waals surface area contributed by atoms with Crippen LogP contribution in [0.25, 0.3) is 44.7 Å². The monoisotopic (exact) mass is 843 g/mol. The minimum atomic E-state index is -0.716. The fraction of sp³-hybridized carbons (Fsp3) is 0.457. The van der Waals surface area contributed by atoms with Crippen LogP contribution < -0.4 is 10.6 Å². The first-order valence-corrected chi connectivity index (χ1v) is 21.5. The van der Waals surface area contributed by atoms with Gasteiger partial charge in [0.25, 0.3) is 0 Å². The van der Waals surface area contributed by atoms with Crippen molar-refractivity contribution in [2.45, 2.75) is 83.0 Å². The average Bonchev–Trinajstić information content (AvgIpc) is 4.11. The van der Waals surface area contributed by atoms with E-state index in [2.05, 4.69) is 63.1 Å². The second kappa shape index (κ2) is 16.2. The lowest BCUT2D eigenvalue weighted by Gasteiger charge is -2.40. The Morgan fingerprint density at radius 1 is 0.726 bits per heavy atom. The number of ether oxygens (including phenoxy) is 3. The number of hydrogen-bond acceptors (Lipinski definition) is 10. The van der Waals surface area contributed by atoms with Crippen LogP contribution in [0.1, 0.15) is 88.2 Å². The first kappa shape index (κ1) is 41.1. The molecule has 9 rings (SSSR count). The van der Waals surface area contributed by atoms with E-state index < -0.39 is 24.3 Å². The number of amides is 4. The van der Waals surface area contributed by atoms with Crippen LogP contribution in [0.3, 0.4) is 0 Å². The zero-order chi connectivity index (χ0) is 43.4. The zero-order valence-electron chi connectivity index (χ0n) is 35.9. The number of imidazole rings is 2. The van der Waals surface area contributed by atoms with Crippen molar-refractivity contribution in [1.82, 2.24) is 45.4 Å². The fourth-order valence-corrected chi connectivity index (χ4v) is 9.73. The molecular formula is C46H53N9O7. The summed E-state index contributed by atoms with van der Waals surface area (Å²) in [6, 6.07) is 13.3. The molecule has 16 heteroatoms. The second-order valence-corrected chi connectivity index (χ2v) is 17.6. The van der Waals surface area contributed by atoms with Gasteiger partial charge in [0.15, 0.2) is 5.65 Å². The highest BCUT2D eigenvalue weighted by atomic mass is 16.5. The first-order chi connectivity index (χ1) is 29.9. The maximum Gasteiger partial charge on any atom is 0.407 e. The number of nitrogens with one attached hydrogen (secondary N) is 4. The van der Waals surface area contributed by atoms with Crippen molar-refractivity contribution >= 4 is 35.2 Å². The molecule has 0 radical (unpaired) electrons. The molecule has 4 aliphatic rings. The van der Waals surface area contributed by atoms with Crippen LogP contribution in [-0.4, -0.2) is 111 Å². The molecule has 4 amide bonds. The number of benzene rings is 2. The molecular weight excluding hydrogens is 791 g/mol. The Balaban J connectivity index is 0.954. The van der Waals surface area contributed by atoms with Gasteiger partial charge in [-0.25, -0.2) is 24.5 Å². The summed E-state index contributed by atoms with van der Waals surface area (Å²) in [7, 11) is 2.58. The van der Waals surface area contributed by atoms with Crippen molar-refractivity contribution in [1.29, 1.82) is 0 Å². The Kier molecular flexibility index (Phi) is 10.7. The molecule has 0 unspecified atom stereocenters. The second-order valence-electron chi connectivity index (χ2n) is 17.6. The van der Waals surface area contributed by atoms with Crippen molar-refractivity contribution in [2.75, 3.05) is 40.5 Å². The zero-order valence-corrected chi connectivity index (χ0v) is 35.9. The summed E-state index contributed by atoms with van der Waals surface area (Å²) in [5, 5.41) is 5.43. The van der Waals surface area contributed by atoms with Gasteiger partial charge < -0.3 is 44.6 Å². The number of likely N-dealkylation sites (tertiary alicyclic amines) is 2. The van der Waals surface area contributed by atoms with Crippen LogP contribution in [-0.2, 0) is 29.2 Å². The summed E-state index contributed by atoms with van der Waals surface area (Å²) >= 11 is 0. The van der Waals surface area contributed by atoms with Gasteiger partial charge in [0.05, 0.1) is 62.3 Å². The molecule has 16 nitrogen and oxygen atoms in total. The number of carbonyl (C=O) groups excluding carboxylic acids is 4. The maximum absolute atomic E-state index is 13.7. The highest BCUT2D eigenvalue weighted by Gasteiger charge is 2.49. The maximum atomic E-state index is 13.7. The number of H-pyrrole nitrogens is 2. The van der Waals surface area contributed by atoms with E-state index in [1.54, 1.807) is 4.90 Å². The van der Waals surface area contributed by atoms with Gasteiger partial charge in [-0.15, -0.1) is 0 Å². The molecule has 3 saturated heterocycles. The SMILES string of the molecule is COC(=O)N[C@H](C(=O)N1CCC[C@H]1c1ncc(-c2ccc3c(c2)C2(COC2)c2cc(-c4cnc5nc([C@@H]6CCCN6C(=O)[C@@H](NC(=O)OC)C(C)C)[nH]c5c4)ccc2-3)[nH]1)C(C)C. The molecule has 0 bridgehead atoms. The van der Waals surface area contributed by atoms with Crippen LogP contribution in [0.4, 0.5) is 9.59 Å². The number of aromatic nitrogens is 5. The Hall–Kier alpha value is -6.29. The molecule has 4 N–H and O–H groups in total. The summed E-state index contributed by atoms with van der Waals surface area (Å²) in [4.78, 5) is 76.6. The third-order valence-electron chi connectivity index (χ3n) is 13.1. The molecule has 3 aromatic heterocycles. The van der Waals surface area contributed by atoms with Crippen LogP contribution >= 0.6 is 0 Å². The average molecular weight is 844 g/mol. The van der Waals surface area contributed by atoms with E-state index in [1.165, 1.54) is 36.5 Å². The summed E-state index contributed by atoms with van der Waals surface area (Å²) in [6.07, 6.45) is 5.60. The molecule has 3 fully saturated rings. The molecule has 62 heavy (non-hydrogen) atoms. The van der Waals surface area contributed by atoms with Crippen molar-refractivity contribution < 1.29 is 33.4 Å². The molecule has 0 saturated carbocycles. The third kappa shape index (κ3) is 7.03. The van der Waals surface area contributed by atoms with Gasteiger partial charge in [-0.2, -0.15) is 0 Å². The summed E-state index contributed by atoms with van der Waals surface area (Å²) in [6.45, 7) is 9.89. The van der Waals surface area contributed by atoms with Crippen LogP contribution in [0, 0.1) is 11.8 Å². The summed E-state index contributed by atoms with van der Waals surface area (Å²) in [5.41, 5.74) is 9.64. The fourth-order valence-electron chi connectivity index (χ4n) is 9.73. The molecule has 2 aromatic carbocycles. The van der Waals surface area contributed by atoms with Gasteiger partial charge in [0.2, 0.25) is 11.8 Å². The van der Waals surface area contributed by atoms with Crippen LogP contribution in [0.5, 0.6) is 0 Å². The quantitative estimate of drug-likeness (QED) is 0.122. The van der Waals surface area contributed by atoms with Crippen molar-refractivity contribution in [3.63, 3.8) is 0 Å². The number of alkyl carbamates (subject to hydrolysis) is 2. The highest BCUT2D eigenvalue weighted by Crippen LogP contribution is 2.54. The number of pyridine rings is 1. The highest BCUT2D eigenvalue weighted by molar-refractivity contribution is 5.89. The van der Waals surface area contributed by atoms with Crippen LogP contribution in [0.15, 0.2) is 54.9 Å². The summed E-state index contributed by atoms with van der Waals surface area (Å²) in [5.74, 6) is 0.843. The van der Waals surface area contributed by atoms with Crippen LogP contribution in [0.2, 0.25) is 0 Å². The molecule has 4 atom stereocenters. The normalized spacial score (nSPS) is 19.7. The van der Waals surface area contributed by atoms with Gasteiger partial charge in [0.1, 0.15) is 23.7 Å². The van der Waals surface area contributed by atoms with Crippen molar-refractivity contribution in [2.24, 2.45) is 11.8 Å².